The summed E-state index contributed by atoms with van der Waals surface area (Å²) >= 11 is 3.66. The fourth-order valence-electron chi connectivity index (χ4n) is 2.49. The van der Waals surface area contributed by atoms with E-state index in [0.717, 1.165) is 6.42 Å². The lowest BCUT2D eigenvalue weighted by molar-refractivity contribution is 1.27. The molecule has 0 nitrogen and oxygen atoms in total. The van der Waals surface area contributed by atoms with Gasteiger partial charge in [0.15, 0.2) is 0 Å². The zero-order valence-corrected chi connectivity index (χ0v) is 11.3. The molecule has 2 aromatic rings. The Morgan fingerprint density at radius 2 is 1.88 bits per heavy atom. The molecule has 0 spiro atoms. The minimum Gasteiger partial charge on any atom is -0.0795 e. The van der Waals surface area contributed by atoms with Crippen molar-refractivity contribution >= 4 is 22.0 Å². The van der Waals surface area contributed by atoms with Gasteiger partial charge < -0.3 is 0 Å². The quantitative estimate of drug-likeness (QED) is 0.692. The van der Waals surface area contributed by atoms with Crippen molar-refractivity contribution in [1.82, 2.24) is 0 Å². The summed E-state index contributed by atoms with van der Waals surface area (Å²) in [5, 5.41) is 0. The van der Waals surface area contributed by atoms with Gasteiger partial charge in [0.2, 0.25) is 0 Å². The van der Waals surface area contributed by atoms with Crippen LogP contribution in [0.3, 0.4) is 0 Å². The molecule has 1 aliphatic carbocycles. The van der Waals surface area contributed by atoms with Gasteiger partial charge in [-0.25, -0.2) is 0 Å². The summed E-state index contributed by atoms with van der Waals surface area (Å²) in [5.74, 6) is 0. The van der Waals surface area contributed by atoms with Gasteiger partial charge in [0.25, 0.3) is 0 Å². The van der Waals surface area contributed by atoms with Crippen molar-refractivity contribution in [3.8, 4) is 11.1 Å². The highest BCUT2D eigenvalue weighted by atomic mass is 79.9. The lowest BCUT2D eigenvalue weighted by Gasteiger charge is -2.14. The standard InChI is InChI=1S/C16H13Br/c1-11-15(17)10-13-8-5-9-14(13)16(11)12-6-3-2-4-7-12/h2-8,10H,9H2,1H3. The van der Waals surface area contributed by atoms with Crippen molar-refractivity contribution in [2.75, 3.05) is 0 Å². The van der Waals surface area contributed by atoms with Crippen LogP contribution in [0.1, 0.15) is 16.7 Å². The van der Waals surface area contributed by atoms with Gasteiger partial charge in [-0.1, -0.05) is 58.4 Å². The van der Waals surface area contributed by atoms with Crippen molar-refractivity contribution in [3.63, 3.8) is 0 Å². The van der Waals surface area contributed by atoms with Crippen LogP contribution < -0.4 is 0 Å². The lowest BCUT2D eigenvalue weighted by Crippen LogP contribution is -1.94. The van der Waals surface area contributed by atoms with E-state index in [4.69, 9.17) is 0 Å². The molecule has 0 saturated carbocycles. The molecule has 0 amide bonds. The maximum Gasteiger partial charge on any atom is 0.0216 e. The first-order valence-corrected chi connectivity index (χ1v) is 6.60. The van der Waals surface area contributed by atoms with Gasteiger partial charge >= 0.3 is 0 Å². The van der Waals surface area contributed by atoms with Crippen molar-refractivity contribution in [2.24, 2.45) is 0 Å². The van der Waals surface area contributed by atoms with Crippen LogP contribution in [0.5, 0.6) is 0 Å². The van der Waals surface area contributed by atoms with E-state index in [9.17, 15) is 0 Å². The maximum absolute atomic E-state index is 3.66. The third kappa shape index (κ3) is 1.75. The number of benzene rings is 2. The van der Waals surface area contributed by atoms with E-state index in [2.05, 4.69) is 71.4 Å². The summed E-state index contributed by atoms with van der Waals surface area (Å²) in [4.78, 5) is 0. The second kappa shape index (κ2) is 4.15. The highest BCUT2D eigenvalue weighted by Crippen LogP contribution is 2.37. The summed E-state index contributed by atoms with van der Waals surface area (Å²) in [6, 6.07) is 12.9. The molecule has 0 N–H and O–H groups in total. The zero-order valence-electron chi connectivity index (χ0n) is 9.70. The van der Waals surface area contributed by atoms with Gasteiger partial charge in [0.1, 0.15) is 0 Å². The highest BCUT2D eigenvalue weighted by molar-refractivity contribution is 9.10. The average Bonchev–Trinajstić information content (AvgIpc) is 2.79. The molecule has 0 saturated heterocycles. The summed E-state index contributed by atoms with van der Waals surface area (Å²) in [7, 11) is 0. The second-order valence-corrected chi connectivity index (χ2v) is 5.25. The number of halogens is 1. The van der Waals surface area contributed by atoms with Crippen LogP contribution in [0.25, 0.3) is 17.2 Å². The third-order valence-electron chi connectivity index (χ3n) is 3.35. The topological polar surface area (TPSA) is 0 Å². The van der Waals surface area contributed by atoms with Crippen molar-refractivity contribution in [2.45, 2.75) is 13.3 Å². The van der Waals surface area contributed by atoms with Crippen molar-refractivity contribution in [1.29, 1.82) is 0 Å². The predicted molar refractivity (Wildman–Crippen MR) is 77.1 cm³/mol. The SMILES string of the molecule is Cc1c(Br)cc2c(c1-c1ccccc1)CC=C2. The first-order chi connectivity index (χ1) is 8.27. The Labute approximate surface area is 110 Å². The van der Waals surface area contributed by atoms with E-state index >= 15 is 0 Å². The molecule has 2 aromatic carbocycles. The Kier molecular flexibility index (Phi) is 2.64. The van der Waals surface area contributed by atoms with E-state index in [1.54, 1.807) is 0 Å². The largest absolute Gasteiger partial charge is 0.0795 e. The fourth-order valence-corrected chi connectivity index (χ4v) is 2.93. The summed E-state index contributed by atoms with van der Waals surface area (Å²) in [5.41, 5.74) is 6.84. The molecule has 0 radical (unpaired) electrons. The molecular weight excluding hydrogens is 272 g/mol. The molecule has 0 atom stereocenters. The molecule has 84 valence electrons. The van der Waals surface area contributed by atoms with E-state index in [-0.39, 0.29) is 0 Å². The van der Waals surface area contributed by atoms with Gasteiger partial charge in [-0.2, -0.15) is 0 Å². The van der Waals surface area contributed by atoms with E-state index < -0.39 is 0 Å². The van der Waals surface area contributed by atoms with Crippen LogP contribution in [0.15, 0.2) is 46.9 Å². The maximum atomic E-state index is 3.66. The number of allylic oxidation sites excluding steroid dienone is 1. The van der Waals surface area contributed by atoms with Crippen LogP contribution in [0, 0.1) is 6.92 Å². The minimum atomic E-state index is 1.05. The number of rotatable bonds is 1. The minimum absolute atomic E-state index is 1.05. The second-order valence-electron chi connectivity index (χ2n) is 4.40. The number of hydrogen-bond donors (Lipinski definition) is 0. The molecule has 0 fully saturated rings. The van der Waals surface area contributed by atoms with E-state index in [1.165, 1.54) is 32.3 Å². The molecule has 17 heavy (non-hydrogen) atoms. The Bertz CT molecular complexity index is 595. The van der Waals surface area contributed by atoms with Crippen LogP contribution in [0.4, 0.5) is 0 Å². The lowest BCUT2D eigenvalue weighted by atomic mass is 9.92. The predicted octanol–water partition coefficient (Wildman–Crippen LogP) is 4.99. The Balaban J connectivity index is 2.31. The summed E-state index contributed by atoms with van der Waals surface area (Å²) < 4.78 is 1.20. The normalized spacial score (nSPS) is 12.8. The summed E-state index contributed by atoms with van der Waals surface area (Å²) in [6.45, 7) is 2.19. The van der Waals surface area contributed by atoms with E-state index in [0.29, 0.717) is 0 Å². The average molecular weight is 285 g/mol. The van der Waals surface area contributed by atoms with Crippen LogP contribution in [-0.4, -0.2) is 0 Å². The molecule has 0 aromatic heterocycles. The Hall–Kier alpha value is -1.34. The molecular formula is C16H13Br. The van der Waals surface area contributed by atoms with Gasteiger partial charge in [-0.05, 0) is 47.2 Å². The van der Waals surface area contributed by atoms with Crippen LogP contribution >= 0.6 is 15.9 Å². The Morgan fingerprint density at radius 3 is 2.65 bits per heavy atom. The third-order valence-corrected chi connectivity index (χ3v) is 4.17. The molecule has 1 heteroatoms. The smallest absolute Gasteiger partial charge is 0.0216 e. The molecule has 0 unspecified atom stereocenters. The summed E-state index contributed by atoms with van der Waals surface area (Å²) in [6.07, 6.45) is 5.50. The van der Waals surface area contributed by atoms with Crippen LogP contribution in [-0.2, 0) is 6.42 Å². The van der Waals surface area contributed by atoms with Crippen LogP contribution in [0.2, 0.25) is 0 Å². The molecule has 0 aliphatic heterocycles. The fraction of sp³-hybridized carbons (Fsp3) is 0.125. The molecule has 0 bridgehead atoms. The van der Waals surface area contributed by atoms with Gasteiger partial charge in [0, 0.05) is 4.47 Å². The van der Waals surface area contributed by atoms with Crippen molar-refractivity contribution < 1.29 is 0 Å². The highest BCUT2D eigenvalue weighted by Gasteiger charge is 2.16. The first kappa shape index (κ1) is 10.8. The van der Waals surface area contributed by atoms with Crippen molar-refractivity contribution in [3.05, 3.63) is 63.6 Å². The monoisotopic (exact) mass is 284 g/mol. The van der Waals surface area contributed by atoms with Gasteiger partial charge in [-0.3, -0.25) is 0 Å². The Morgan fingerprint density at radius 1 is 1.12 bits per heavy atom. The number of hydrogen-bond acceptors (Lipinski definition) is 0. The molecule has 3 rings (SSSR count). The van der Waals surface area contributed by atoms with Gasteiger partial charge in [0.05, 0.1) is 0 Å². The van der Waals surface area contributed by atoms with E-state index in [1.807, 2.05) is 0 Å². The molecule has 1 aliphatic rings. The number of fused-ring (bicyclic) bond motifs is 1. The van der Waals surface area contributed by atoms with Gasteiger partial charge in [-0.15, -0.1) is 0 Å². The zero-order chi connectivity index (χ0) is 11.8. The molecule has 0 heterocycles. The first-order valence-electron chi connectivity index (χ1n) is 5.81.